The molecule has 0 aliphatic carbocycles. The van der Waals surface area contributed by atoms with Crippen LogP contribution in [0.4, 0.5) is 11.8 Å². The fourth-order valence-electron chi connectivity index (χ4n) is 2.54. The Hall–Kier alpha value is -2.14. The SMILES string of the molecule is Cc1cc(NCc2ccccc2)nc(NCC2CCCO2)n1. The molecule has 1 aromatic heterocycles. The summed E-state index contributed by atoms with van der Waals surface area (Å²) in [7, 11) is 0. The molecule has 1 fully saturated rings. The maximum Gasteiger partial charge on any atom is 0.224 e. The maximum absolute atomic E-state index is 5.61. The number of hydrogen-bond donors (Lipinski definition) is 2. The first kappa shape index (κ1) is 14.8. The van der Waals surface area contributed by atoms with Gasteiger partial charge in [0.05, 0.1) is 6.10 Å². The van der Waals surface area contributed by atoms with Crippen molar-refractivity contribution < 1.29 is 4.74 Å². The van der Waals surface area contributed by atoms with Crippen molar-refractivity contribution >= 4 is 11.8 Å². The lowest BCUT2D eigenvalue weighted by Crippen LogP contribution is -2.20. The van der Waals surface area contributed by atoms with Crippen LogP contribution in [0.15, 0.2) is 36.4 Å². The maximum atomic E-state index is 5.61. The van der Waals surface area contributed by atoms with Gasteiger partial charge in [-0.15, -0.1) is 0 Å². The number of nitrogens with one attached hydrogen (secondary N) is 2. The Morgan fingerprint density at radius 1 is 1.18 bits per heavy atom. The Labute approximate surface area is 131 Å². The highest BCUT2D eigenvalue weighted by molar-refractivity contribution is 5.42. The Bertz CT molecular complexity index is 597. The molecule has 0 saturated carbocycles. The van der Waals surface area contributed by atoms with Crippen LogP contribution in [0, 0.1) is 6.92 Å². The van der Waals surface area contributed by atoms with Crippen molar-refractivity contribution in [3.05, 3.63) is 47.7 Å². The summed E-state index contributed by atoms with van der Waals surface area (Å²) < 4.78 is 5.61. The van der Waals surface area contributed by atoms with Gasteiger partial charge in [-0.2, -0.15) is 4.98 Å². The van der Waals surface area contributed by atoms with Gasteiger partial charge in [-0.05, 0) is 25.3 Å². The second kappa shape index (κ2) is 7.22. The third-order valence-corrected chi connectivity index (χ3v) is 3.68. The Balaban J connectivity index is 1.59. The van der Waals surface area contributed by atoms with Gasteiger partial charge < -0.3 is 15.4 Å². The number of benzene rings is 1. The molecule has 0 amide bonds. The zero-order chi connectivity index (χ0) is 15.2. The summed E-state index contributed by atoms with van der Waals surface area (Å²) in [5, 5.41) is 6.63. The second-order valence-electron chi connectivity index (χ2n) is 5.57. The van der Waals surface area contributed by atoms with Crippen LogP contribution in [-0.2, 0) is 11.3 Å². The van der Waals surface area contributed by atoms with Crippen molar-refractivity contribution in [3.63, 3.8) is 0 Å². The monoisotopic (exact) mass is 298 g/mol. The molecule has 0 spiro atoms. The lowest BCUT2D eigenvalue weighted by molar-refractivity contribution is 0.120. The van der Waals surface area contributed by atoms with Crippen LogP contribution in [0.25, 0.3) is 0 Å². The normalized spacial score (nSPS) is 17.4. The average molecular weight is 298 g/mol. The molecular weight excluding hydrogens is 276 g/mol. The number of aromatic nitrogens is 2. The van der Waals surface area contributed by atoms with E-state index in [0.29, 0.717) is 5.95 Å². The molecule has 5 nitrogen and oxygen atoms in total. The molecule has 2 N–H and O–H groups in total. The first-order valence-electron chi connectivity index (χ1n) is 7.78. The molecule has 22 heavy (non-hydrogen) atoms. The van der Waals surface area contributed by atoms with Gasteiger partial charge >= 0.3 is 0 Å². The van der Waals surface area contributed by atoms with Gasteiger partial charge in [0.15, 0.2) is 0 Å². The molecule has 1 saturated heterocycles. The number of nitrogens with zero attached hydrogens (tertiary/aromatic N) is 2. The lowest BCUT2D eigenvalue weighted by atomic mass is 10.2. The molecule has 1 unspecified atom stereocenters. The summed E-state index contributed by atoms with van der Waals surface area (Å²) in [6.45, 7) is 4.36. The van der Waals surface area contributed by atoms with Crippen LogP contribution < -0.4 is 10.6 Å². The van der Waals surface area contributed by atoms with Crippen molar-refractivity contribution in [2.24, 2.45) is 0 Å². The van der Waals surface area contributed by atoms with Gasteiger partial charge in [-0.1, -0.05) is 30.3 Å². The first-order chi connectivity index (χ1) is 10.8. The van der Waals surface area contributed by atoms with E-state index in [9.17, 15) is 0 Å². The molecule has 1 aromatic carbocycles. The lowest BCUT2D eigenvalue weighted by Gasteiger charge is -2.12. The van der Waals surface area contributed by atoms with E-state index in [1.807, 2.05) is 31.2 Å². The average Bonchev–Trinajstić information content (AvgIpc) is 3.05. The predicted octanol–water partition coefficient (Wildman–Crippen LogP) is 2.99. The highest BCUT2D eigenvalue weighted by Crippen LogP contribution is 2.14. The Morgan fingerprint density at radius 2 is 2.05 bits per heavy atom. The van der Waals surface area contributed by atoms with Crippen LogP contribution in [0.3, 0.4) is 0 Å². The molecule has 0 bridgehead atoms. The zero-order valence-corrected chi connectivity index (χ0v) is 12.9. The van der Waals surface area contributed by atoms with Gasteiger partial charge in [-0.3, -0.25) is 0 Å². The van der Waals surface area contributed by atoms with E-state index in [1.54, 1.807) is 0 Å². The standard InChI is InChI=1S/C17H22N4O/c1-13-10-16(18-11-14-6-3-2-4-7-14)21-17(20-13)19-12-15-8-5-9-22-15/h2-4,6-7,10,15H,5,8-9,11-12H2,1H3,(H2,18,19,20,21). The molecule has 1 atom stereocenters. The number of aryl methyl sites for hydroxylation is 1. The third kappa shape index (κ3) is 4.18. The van der Waals surface area contributed by atoms with Crippen LogP contribution in [0.1, 0.15) is 24.1 Å². The van der Waals surface area contributed by atoms with Crippen molar-refractivity contribution in [1.29, 1.82) is 0 Å². The number of ether oxygens (including phenoxy) is 1. The van der Waals surface area contributed by atoms with E-state index >= 15 is 0 Å². The van der Waals surface area contributed by atoms with Crippen molar-refractivity contribution in [1.82, 2.24) is 9.97 Å². The largest absolute Gasteiger partial charge is 0.376 e. The van der Waals surface area contributed by atoms with Crippen molar-refractivity contribution in [2.45, 2.75) is 32.4 Å². The minimum Gasteiger partial charge on any atom is -0.376 e. The van der Waals surface area contributed by atoms with Gasteiger partial charge in [0.1, 0.15) is 5.82 Å². The molecule has 116 valence electrons. The fourth-order valence-corrected chi connectivity index (χ4v) is 2.54. The highest BCUT2D eigenvalue weighted by Gasteiger charge is 2.15. The van der Waals surface area contributed by atoms with E-state index in [4.69, 9.17) is 4.74 Å². The molecule has 3 rings (SSSR count). The zero-order valence-electron chi connectivity index (χ0n) is 12.9. The molecule has 0 radical (unpaired) electrons. The van der Waals surface area contributed by atoms with E-state index in [-0.39, 0.29) is 6.10 Å². The van der Waals surface area contributed by atoms with Crippen LogP contribution >= 0.6 is 0 Å². The smallest absolute Gasteiger partial charge is 0.224 e. The van der Waals surface area contributed by atoms with E-state index in [1.165, 1.54) is 5.56 Å². The number of rotatable bonds is 6. The van der Waals surface area contributed by atoms with Gasteiger partial charge in [0.2, 0.25) is 5.95 Å². The number of anilines is 2. The Kier molecular flexibility index (Phi) is 4.85. The number of hydrogen-bond acceptors (Lipinski definition) is 5. The third-order valence-electron chi connectivity index (χ3n) is 3.68. The summed E-state index contributed by atoms with van der Waals surface area (Å²) in [5.74, 6) is 1.50. The van der Waals surface area contributed by atoms with Crippen molar-refractivity contribution in [2.75, 3.05) is 23.8 Å². The summed E-state index contributed by atoms with van der Waals surface area (Å²) in [4.78, 5) is 8.95. The fraction of sp³-hybridized carbons (Fsp3) is 0.412. The second-order valence-corrected chi connectivity index (χ2v) is 5.57. The van der Waals surface area contributed by atoms with Crippen LogP contribution in [-0.4, -0.2) is 29.2 Å². The minimum absolute atomic E-state index is 0.282. The van der Waals surface area contributed by atoms with Crippen LogP contribution in [0.2, 0.25) is 0 Å². The van der Waals surface area contributed by atoms with Gasteiger partial charge in [0, 0.05) is 31.5 Å². The van der Waals surface area contributed by atoms with Gasteiger partial charge in [-0.25, -0.2) is 4.98 Å². The molecule has 1 aliphatic heterocycles. The van der Waals surface area contributed by atoms with Crippen molar-refractivity contribution in [3.8, 4) is 0 Å². The van der Waals surface area contributed by atoms with E-state index in [0.717, 1.165) is 44.0 Å². The predicted molar refractivity (Wildman–Crippen MR) is 88.0 cm³/mol. The first-order valence-corrected chi connectivity index (χ1v) is 7.78. The minimum atomic E-state index is 0.282. The summed E-state index contributed by atoms with van der Waals surface area (Å²) >= 11 is 0. The molecule has 1 aliphatic rings. The molecular formula is C17H22N4O. The summed E-state index contributed by atoms with van der Waals surface area (Å²) in [5.41, 5.74) is 2.17. The summed E-state index contributed by atoms with van der Waals surface area (Å²) in [6.07, 6.45) is 2.54. The quantitative estimate of drug-likeness (QED) is 0.858. The molecule has 2 heterocycles. The molecule has 2 aromatic rings. The summed E-state index contributed by atoms with van der Waals surface area (Å²) in [6, 6.07) is 12.2. The topological polar surface area (TPSA) is 59.1 Å². The van der Waals surface area contributed by atoms with Gasteiger partial charge in [0.25, 0.3) is 0 Å². The highest BCUT2D eigenvalue weighted by atomic mass is 16.5. The van der Waals surface area contributed by atoms with E-state index in [2.05, 4.69) is 32.7 Å². The molecule has 5 heteroatoms. The Morgan fingerprint density at radius 3 is 2.82 bits per heavy atom. The van der Waals surface area contributed by atoms with Crippen LogP contribution in [0.5, 0.6) is 0 Å². The van der Waals surface area contributed by atoms with E-state index < -0.39 is 0 Å².